The van der Waals surface area contributed by atoms with Crippen LogP contribution in [0.4, 0.5) is 0 Å². The van der Waals surface area contributed by atoms with Crippen molar-refractivity contribution >= 4 is 17.5 Å². The highest BCUT2D eigenvalue weighted by Gasteiger charge is 2.67. The van der Waals surface area contributed by atoms with E-state index in [1.54, 1.807) is 0 Å². The molecular formula is C23H32O6. The average molecular weight is 405 g/mol. The molecule has 160 valence electrons. The van der Waals surface area contributed by atoms with Gasteiger partial charge in [-0.2, -0.15) is 0 Å². The lowest BCUT2D eigenvalue weighted by Crippen LogP contribution is -2.66. The van der Waals surface area contributed by atoms with Crippen molar-refractivity contribution in [2.75, 3.05) is 0 Å². The van der Waals surface area contributed by atoms with Crippen molar-refractivity contribution in [3.05, 3.63) is 11.5 Å². The standard InChI is InChI=1S/C23H32O6/c1-12-9-15(25)14-10-17-22(5,29-20(14)27-12)8-7-16-21(3,4)19(28-13(2)24)11-18(26)23(16,17)6/h12,16-17,19H,7-11H2,1-6H3/t12-,16+,17+,19-,22-,23+/m0/s1. The molecular weight excluding hydrogens is 372 g/mol. The Kier molecular flexibility index (Phi) is 4.45. The van der Waals surface area contributed by atoms with Gasteiger partial charge in [-0.15, -0.1) is 0 Å². The van der Waals surface area contributed by atoms with Gasteiger partial charge in [0.1, 0.15) is 23.6 Å². The van der Waals surface area contributed by atoms with E-state index in [2.05, 4.69) is 20.8 Å². The zero-order chi connectivity index (χ0) is 21.4. The summed E-state index contributed by atoms with van der Waals surface area (Å²) in [5, 5.41) is 0. The van der Waals surface area contributed by atoms with E-state index in [-0.39, 0.29) is 47.3 Å². The molecule has 2 saturated carbocycles. The number of hydrogen-bond acceptors (Lipinski definition) is 6. The Morgan fingerprint density at radius 2 is 1.76 bits per heavy atom. The maximum atomic E-state index is 13.5. The lowest BCUT2D eigenvalue weighted by molar-refractivity contribution is -0.224. The van der Waals surface area contributed by atoms with Crippen LogP contribution >= 0.6 is 0 Å². The molecule has 0 N–H and O–H groups in total. The molecule has 0 aromatic rings. The van der Waals surface area contributed by atoms with Crippen LogP contribution in [0, 0.1) is 22.7 Å². The normalized spacial score (nSPS) is 43.4. The van der Waals surface area contributed by atoms with Crippen LogP contribution < -0.4 is 0 Å². The summed E-state index contributed by atoms with van der Waals surface area (Å²) in [6.45, 7) is 11.6. The highest BCUT2D eigenvalue weighted by molar-refractivity contribution is 5.97. The summed E-state index contributed by atoms with van der Waals surface area (Å²) in [7, 11) is 0. The number of carbonyl (C=O) groups excluding carboxylic acids is 3. The van der Waals surface area contributed by atoms with E-state index in [9.17, 15) is 14.4 Å². The molecule has 6 nitrogen and oxygen atoms in total. The molecule has 4 rings (SSSR count). The van der Waals surface area contributed by atoms with Gasteiger partial charge < -0.3 is 14.2 Å². The molecule has 6 atom stereocenters. The second-order valence-electron chi connectivity index (χ2n) is 10.4. The molecule has 6 heteroatoms. The summed E-state index contributed by atoms with van der Waals surface area (Å²) in [5.41, 5.74) is -0.942. The van der Waals surface area contributed by atoms with Crippen LogP contribution in [-0.2, 0) is 28.6 Å². The van der Waals surface area contributed by atoms with Gasteiger partial charge in [0.2, 0.25) is 0 Å². The Labute approximate surface area is 172 Å². The Balaban J connectivity index is 1.74. The quantitative estimate of drug-likeness (QED) is 0.620. The maximum absolute atomic E-state index is 13.5. The van der Waals surface area contributed by atoms with E-state index in [1.165, 1.54) is 6.92 Å². The van der Waals surface area contributed by atoms with Crippen molar-refractivity contribution in [2.24, 2.45) is 22.7 Å². The van der Waals surface area contributed by atoms with E-state index in [0.29, 0.717) is 24.4 Å². The molecule has 2 aliphatic carbocycles. The van der Waals surface area contributed by atoms with Crippen LogP contribution in [0.5, 0.6) is 0 Å². The minimum absolute atomic E-state index is 0.0444. The summed E-state index contributed by atoms with van der Waals surface area (Å²) in [6, 6.07) is 0. The highest BCUT2D eigenvalue weighted by atomic mass is 16.7. The van der Waals surface area contributed by atoms with E-state index in [0.717, 1.165) is 12.8 Å². The third-order valence-corrected chi connectivity index (χ3v) is 8.22. The predicted octanol–water partition coefficient (Wildman–Crippen LogP) is 3.72. The van der Waals surface area contributed by atoms with Gasteiger partial charge >= 0.3 is 5.97 Å². The molecule has 0 bridgehead atoms. The van der Waals surface area contributed by atoms with Gasteiger partial charge in [-0.1, -0.05) is 20.8 Å². The first kappa shape index (κ1) is 20.4. The van der Waals surface area contributed by atoms with Crippen LogP contribution in [0.2, 0.25) is 0 Å². The van der Waals surface area contributed by atoms with Crippen molar-refractivity contribution in [2.45, 2.75) is 91.5 Å². The Morgan fingerprint density at radius 1 is 1.07 bits per heavy atom. The maximum Gasteiger partial charge on any atom is 0.302 e. The molecule has 4 aliphatic rings. The van der Waals surface area contributed by atoms with Gasteiger partial charge in [0.15, 0.2) is 5.78 Å². The number of esters is 1. The van der Waals surface area contributed by atoms with E-state index in [1.807, 2.05) is 13.8 Å². The lowest BCUT2D eigenvalue weighted by atomic mass is 9.43. The van der Waals surface area contributed by atoms with E-state index >= 15 is 0 Å². The Bertz CT molecular complexity index is 810. The van der Waals surface area contributed by atoms with Gasteiger partial charge in [-0.3, -0.25) is 14.4 Å². The number of ketones is 2. The van der Waals surface area contributed by atoms with Crippen LogP contribution in [-0.4, -0.2) is 35.3 Å². The fourth-order valence-corrected chi connectivity index (χ4v) is 6.63. The minimum Gasteiger partial charge on any atom is -0.462 e. The second-order valence-corrected chi connectivity index (χ2v) is 10.4. The van der Waals surface area contributed by atoms with Crippen molar-refractivity contribution < 1.29 is 28.6 Å². The Hall–Kier alpha value is -1.85. The van der Waals surface area contributed by atoms with E-state index in [4.69, 9.17) is 14.2 Å². The van der Waals surface area contributed by atoms with Crippen molar-refractivity contribution in [1.29, 1.82) is 0 Å². The van der Waals surface area contributed by atoms with Crippen LogP contribution in [0.1, 0.15) is 73.6 Å². The molecule has 2 heterocycles. The van der Waals surface area contributed by atoms with Gasteiger partial charge in [0.25, 0.3) is 5.95 Å². The fraction of sp³-hybridized carbons (Fsp3) is 0.783. The molecule has 0 amide bonds. The molecule has 0 aromatic carbocycles. The Morgan fingerprint density at radius 3 is 2.41 bits per heavy atom. The number of fused-ring (bicyclic) bond motifs is 3. The molecule has 0 aromatic heterocycles. The average Bonchev–Trinajstić information content (AvgIpc) is 2.57. The zero-order valence-corrected chi connectivity index (χ0v) is 18.3. The smallest absolute Gasteiger partial charge is 0.302 e. The van der Waals surface area contributed by atoms with Crippen LogP contribution in [0.3, 0.4) is 0 Å². The van der Waals surface area contributed by atoms with Gasteiger partial charge in [-0.05, 0) is 39.0 Å². The van der Waals surface area contributed by atoms with Gasteiger partial charge in [0, 0.05) is 36.5 Å². The third-order valence-electron chi connectivity index (χ3n) is 8.22. The van der Waals surface area contributed by atoms with Crippen molar-refractivity contribution in [3.63, 3.8) is 0 Å². The molecule has 0 unspecified atom stereocenters. The third kappa shape index (κ3) is 2.85. The molecule has 0 radical (unpaired) electrons. The molecule has 0 spiro atoms. The SMILES string of the molecule is CC(=O)O[C@H]1CC(=O)[C@]2(C)[C@H](CC[C@]3(C)OC4=C(C[C@@H]23)C(=O)C[C@H](C)O4)C1(C)C. The van der Waals surface area contributed by atoms with Crippen molar-refractivity contribution in [1.82, 2.24) is 0 Å². The lowest BCUT2D eigenvalue weighted by Gasteiger charge is -2.63. The zero-order valence-electron chi connectivity index (χ0n) is 18.3. The first-order chi connectivity index (χ1) is 13.4. The van der Waals surface area contributed by atoms with Gasteiger partial charge in [0.05, 0.1) is 5.57 Å². The molecule has 2 fully saturated rings. The molecule has 29 heavy (non-hydrogen) atoms. The number of hydrogen-bond donors (Lipinski definition) is 0. The van der Waals surface area contributed by atoms with Crippen LogP contribution in [0.25, 0.3) is 0 Å². The first-order valence-electron chi connectivity index (χ1n) is 10.7. The highest BCUT2D eigenvalue weighted by Crippen LogP contribution is 2.64. The molecule has 0 saturated heterocycles. The number of Topliss-reactive ketones (excluding diaryl/α,β-unsaturated/α-hetero) is 2. The topological polar surface area (TPSA) is 78.9 Å². The number of allylic oxidation sites excluding steroid dienone is 1. The molecule has 2 aliphatic heterocycles. The van der Waals surface area contributed by atoms with E-state index < -0.39 is 17.1 Å². The number of ether oxygens (including phenoxy) is 3. The fourth-order valence-electron chi connectivity index (χ4n) is 6.63. The summed E-state index contributed by atoms with van der Waals surface area (Å²) >= 11 is 0. The largest absolute Gasteiger partial charge is 0.462 e. The minimum atomic E-state index is -0.644. The number of rotatable bonds is 1. The first-order valence-corrected chi connectivity index (χ1v) is 10.7. The summed E-state index contributed by atoms with van der Waals surface area (Å²) in [5.74, 6) is 0.118. The van der Waals surface area contributed by atoms with Crippen molar-refractivity contribution in [3.8, 4) is 0 Å². The van der Waals surface area contributed by atoms with Crippen LogP contribution in [0.15, 0.2) is 11.5 Å². The van der Waals surface area contributed by atoms with Gasteiger partial charge in [-0.25, -0.2) is 0 Å². The second kappa shape index (κ2) is 6.32. The number of carbonyl (C=O) groups is 3. The summed E-state index contributed by atoms with van der Waals surface area (Å²) in [4.78, 5) is 37.9. The monoisotopic (exact) mass is 404 g/mol. The summed E-state index contributed by atoms with van der Waals surface area (Å²) < 4.78 is 17.8. The predicted molar refractivity (Wildman–Crippen MR) is 105 cm³/mol. The summed E-state index contributed by atoms with van der Waals surface area (Å²) in [6.07, 6.45) is 2.02.